The van der Waals surface area contributed by atoms with E-state index in [1.807, 2.05) is 0 Å². The smallest absolute Gasteiger partial charge is 0.0540 e. The van der Waals surface area contributed by atoms with Crippen molar-refractivity contribution in [3.8, 4) is 11.8 Å². The molecular weight excluding hydrogens is 112 g/mol. The number of rotatable bonds is 2. The molecule has 0 rings (SSSR count). The summed E-state index contributed by atoms with van der Waals surface area (Å²) in [6, 6.07) is 0. The lowest BCUT2D eigenvalue weighted by Gasteiger charge is -1.73. The molecule has 0 heterocycles. The average Bonchev–Trinajstić information content (AvgIpc) is 1.89. The van der Waals surface area contributed by atoms with E-state index in [4.69, 9.17) is 5.11 Å². The number of hydrogen-bond acceptors (Lipinski definition) is 1. The zero-order valence-electron chi connectivity index (χ0n) is 5.30. The summed E-state index contributed by atoms with van der Waals surface area (Å²) in [7, 11) is 0. The Balaban J connectivity index is 3.36. The second-order valence-corrected chi connectivity index (χ2v) is 1.39. The molecule has 0 atom stereocenters. The zero-order chi connectivity index (χ0) is 6.95. The molecule has 1 N–H and O–H groups in total. The monoisotopic (exact) mass is 122 g/mol. The molecule has 1 nitrogen and oxygen atoms in total. The fourth-order valence-electron chi connectivity index (χ4n) is 0.303. The molecular formula is C8H10O. The first-order valence-electron chi connectivity index (χ1n) is 2.78. The van der Waals surface area contributed by atoms with Crippen LogP contribution >= 0.6 is 0 Å². The van der Waals surface area contributed by atoms with Crippen molar-refractivity contribution in [3.63, 3.8) is 0 Å². The van der Waals surface area contributed by atoms with E-state index in [-0.39, 0.29) is 6.61 Å². The fraction of sp³-hybridized carbons (Fsp3) is 0.250. The molecule has 0 saturated carbocycles. The molecule has 0 bridgehead atoms. The van der Waals surface area contributed by atoms with Gasteiger partial charge in [0.2, 0.25) is 0 Å². The van der Waals surface area contributed by atoms with Crippen molar-refractivity contribution in [1.82, 2.24) is 0 Å². The summed E-state index contributed by atoms with van der Waals surface area (Å²) in [5.74, 6) is 5.46. The Morgan fingerprint density at radius 2 is 2.33 bits per heavy atom. The standard InChI is InChI=1S/C8H10O/c1-2-3-4-5-6-7-8-9/h2-4,9H,1,7-8H2. The van der Waals surface area contributed by atoms with E-state index in [0.717, 1.165) is 0 Å². The Labute approximate surface area is 55.7 Å². The largest absolute Gasteiger partial charge is 0.395 e. The van der Waals surface area contributed by atoms with Crippen LogP contribution in [-0.2, 0) is 0 Å². The van der Waals surface area contributed by atoms with Crippen LogP contribution in [0, 0.1) is 11.8 Å². The van der Waals surface area contributed by atoms with Gasteiger partial charge in [0.15, 0.2) is 0 Å². The molecule has 0 aliphatic heterocycles. The van der Waals surface area contributed by atoms with Gasteiger partial charge in [0.25, 0.3) is 0 Å². The highest BCUT2D eigenvalue weighted by Crippen LogP contribution is 1.72. The second-order valence-electron chi connectivity index (χ2n) is 1.39. The summed E-state index contributed by atoms with van der Waals surface area (Å²) >= 11 is 0. The van der Waals surface area contributed by atoms with Gasteiger partial charge in [0.05, 0.1) is 6.61 Å². The predicted molar refractivity (Wildman–Crippen MR) is 38.8 cm³/mol. The molecule has 0 spiro atoms. The highest BCUT2D eigenvalue weighted by Gasteiger charge is 1.66. The summed E-state index contributed by atoms with van der Waals surface area (Å²) < 4.78 is 0. The van der Waals surface area contributed by atoms with Crippen LogP contribution in [0.5, 0.6) is 0 Å². The van der Waals surface area contributed by atoms with E-state index in [1.54, 1.807) is 18.2 Å². The van der Waals surface area contributed by atoms with Gasteiger partial charge in [0.1, 0.15) is 0 Å². The molecule has 1 heteroatoms. The van der Waals surface area contributed by atoms with Crippen LogP contribution in [0.3, 0.4) is 0 Å². The molecule has 0 aliphatic carbocycles. The van der Waals surface area contributed by atoms with Crippen LogP contribution in [0.2, 0.25) is 0 Å². The molecule has 0 aromatic carbocycles. The van der Waals surface area contributed by atoms with E-state index in [1.165, 1.54) is 0 Å². The van der Waals surface area contributed by atoms with Crippen molar-refractivity contribution in [1.29, 1.82) is 0 Å². The topological polar surface area (TPSA) is 20.2 Å². The Morgan fingerprint density at radius 3 is 2.89 bits per heavy atom. The first kappa shape index (κ1) is 8.00. The Hall–Kier alpha value is -1.00. The summed E-state index contributed by atoms with van der Waals surface area (Å²) in [4.78, 5) is 0. The quantitative estimate of drug-likeness (QED) is 0.429. The van der Waals surface area contributed by atoms with Gasteiger partial charge in [-0.15, -0.1) is 0 Å². The van der Waals surface area contributed by atoms with E-state index in [0.29, 0.717) is 6.42 Å². The van der Waals surface area contributed by atoms with Crippen molar-refractivity contribution >= 4 is 0 Å². The molecule has 0 fully saturated rings. The Morgan fingerprint density at radius 1 is 1.56 bits per heavy atom. The molecule has 0 unspecified atom stereocenters. The SMILES string of the molecule is C=CC=CC#CCCO. The number of aliphatic hydroxyl groups is 1. The van der Waals surface area contributed by atoms with Crippen LogP contribution in [-0.4, -0.2) is 11.7 Å². The van der Waals surface area contributed by atoms with Gasteiger partial charge in [-0.1, -0.05) is 30.6 Å². The summed E-state index contributed by atoms with van der Waals surface area (Å²) in [6.07, 6.45) is 5.65. The third-order valence-corrected chi connectivity index (χ3v) is 0.655. The van der Waals surface area contributed by atoms with E-state index >= 15 is 0 Å². The van der Waals surface area contributed by atoms with Gasteiger partial charge < -0.3 is 5.11 Å². The van der Waals surface area contributed by atoms with Crippen molar-refractivity contribution < 1.29 is 5.11 Å². The third kappa shape index (κ3) is 7.00. The van der Waals surface area contributed by atoms with Gasteiger partial charge in [0, 0.05) is 6.42 Å². The Bertz CT molecular complexity index is 146. The van der Waals surface area contributed by atoms with Crippen LogP contribution in [0.15, 0.2) is 24.8 Å². The van der Waals surface area contributed by atoms with Gasteiger partial charge in [-0.25, -0.2) is 0 Å². The molecule has 0 radical (unpaired) electrons. The fourth-order valence-corrected chi connectivity index (χ4v) is 0.303. The molecule has 0 aliphatic rings. The molecule has 0 saturated heterocycles. The lowest BCUT2D eigenvalue weighted by atomic mass is 10.4. The number of hydrogen-bond donors (Lipinski definition) is 1. The zero-order valence-corrected chi connectivity index (χ0v) is 5.30. The maximum atomic E-state index is 8.28. The lowest BCUT2D eigenvalue weighted by molar-refractivity contribution is 0.305. The average molecular weight is 122 g/mol. The summed E-state index contributed by atoms with van der Waals surface area (Å²) in [6.45, 7) is 3.61. The lowest BCUT2D eigenvalue weighted by Crippen LogP contribution is -1.74. The van der Waals surface area contributed by atoms with Crippen LogP contribution < -0.4 is 0 Å². The van der Waals surface area contributed by atoms with Gasteiger partial charge in [-0.2, -0.15) is 0 Å². The van der Waals surface area contributed by atoms with Crippen LogP contribution in [0.4, 0.5) is 0 Å². The molecule has 0 aromatic rings. The Kier molecular flexibility index (Phi) is 6.22. The van der Waals surface area contributed by atoms with Crippen molar-refractivity contribution in [2.24, 2.45) is 0 Å². The molecule has 48 valence electrons. The highest BCUT2D eigenvalue weighted by atomic mass is 16.2. The predicted octanol–water partition coefficient (Wildman–Crippen LogP) is 1.11. The van der Waals surface area contributed by atoms with Crippen molar-refractivity contribution in [2.75, 3.05) is 6.61 Å². The number of aliphatic hydroxyl groups excluding tert-OH is 1. The minimum Gasteiger partial charge on any atom is -0.395 e. The normalized spacial score (nSPS) is 8.56. The summed E-state index contributed by atoms with van der Waals surface area (Å²) in [5, 5.41) is 8.28. The van der Waals surface area contributed by atoms with Crippen LogP contribution in [0.25, 0.3) is 0 Å². The second kappa shape index (κ2) is 7.00. The van der Waals surface area contributed by atoms with Crippen molar-refractivity contribution in [3.05, 3.63) is 24.8 Å². The van der Waals surface area contributed by atoms with Gasteiger partial charge >= 0.3 is 0 Å². The molecule has 0 amide bonds. The van der Waals surface area contributed by atoms with E-state index in [9.17, 15) is 0 Å². The summed E-state index contributed by atoms with van der Waals surface area (Å²) in [5.41, 5.74) is 0. The maximum Gasteiger partial charge on any atom is 0.0540 e. The first-order chi connectivity index (χ1) is 4.41. The molecule has 9 heavy (non-hydrogen) atoms. The van der Waals surface area contributed by atoms with Crippen LogP contribution in [0.1, 0.15) is 6.42 Å². The van der Waals surface area contributed by atoms with Gasteiger partial charge in [-0.05, 0) is 6.08 Å². The van der Waals surface area contributed by atoms with E-state index < -0.39 is 0 Å². The highest BCUT2D eigenvalue weighted by molar-refractivity contribution is 5.18. The van der Waals surface area contributed by atoms with E-state index in [2.05, 4.69) is 18.4 Å². The maximum absolute atomic E-state index is 8.28. The minimum atomic E-state index is 0.134. The first-order valence-corrected chi connectivity index (χ1v) is 2.78. The molecule has 0 aromatic heterocycles. The third-order valence-electron chi connectivity index (χ3n) is 0.655. The van der Waals surface area contributed by atoms with Crippen molar-refractivity contribution in [2.45, 2.75) is 6.42 Å². The van der Waals surface area contributed by atoms with Gasteiger partial charge in [-0.3, -0.25) is 0 Å². The number of allylic oxidation sites excluding steroid dienone is 3. The minimum absolute atomic E-state index is 0.134.